The van der Waals surface area contributed by atoms with E-state index >= 15 is 0 Å². The van der Waals surface area contributed by atoms with Crippen LogP contribution in [0.15, 0.2) is 24.3 Å². The molecule has 4 atom stereocenters. The van der Waals surface area contributed by atoms with E-state index in [1.54, 1.807) is 0 Å². The van der Waals surface area contributed by atoms with Crippen molar-refractivity contribution < 1.29 is 4.79 Å². The van der Waals surface area contributed by atoms with E-state index in [2.05, 4.69) is 34.8 Å². The second-order valence-corrected chi connectivity index (χ2v) is 7.35. The Bertz CT molecular complexity index is 470. The molecule has 2 aliphatic rings. The Morgan fingerprint density at radius 2 is 2.00 bits per heavy atom. The van der Waals surface area contributed by atoms with Gasteiger partial charge in [0, 0.05) is 15.2 Å². The summed E-state index contributed by atoms with van der Waals surface area (Å²) in [5, 5.41) is 3.20. The quantitative estimate of drug-likeness (QED) is 0.806. The highest BCUT2D eigenvalue weighted by Gasteiger charge is 2.42. The molecule has 1 amide bonds. The van der Waals surface area contributed by atoms with Crippen LogP contribution in [-0.2, 0) is 0 Å². The summed E-state index contributed by atoms with van der Waals surface area (Å²) >= 11 is 2.26. The molecule has 19 heavy (non-hydrogen) atoms. The summed E-state index contributed by atoms with van der Waals surface area (Å²) in [5.41, 5.74) is 0.774. The first kappa shape index (κ1) is 13.4. The van der Waals surface area contributed by atoms with Crippen molar-refractivity contribution in [1.29, 1.82) is 0 Å². The predicted octanol–water partition coefficient (Wildman–Crippen LogP) is 3.85. The fraction of sp³-hybridized carbons (Fsp3) is 0.562. The Labute approximate surface area is 128 Å². The first-order chi connectivity index (χ1) is 9.13. The zero-order valence-corrected chi connectivity index (χ0v) is 13.4. The Morgan fingerprint density at radius 3 is 2.58 bits per heavy atom. The van der Waals surface area contributed by atoms with E-state index in [9.17, 15) is 4.79 Å². The van der Waals surface area contributed by atoms with Crippen molar-refractivity contribution in [3.63, 3.8) is 0 Å². The first-order valence-electron chi connectivity index (χ1n) is 7.20. The van der Waals surface area contributed by atoms with Gasteiger partial charge in [-0.1, -0.05) is 6.42 Å². The topological polar surface area (TPSA) is 29.1 Å². The molecule has 3 rings (SSSR count). The van der Waals surface area contributed by atoms with Gasteiger partial charge in [-0.15, -0.1) is 0 Å². The van der Waals surface area contributed by atoms with Crippen LogP contribution in [0.5, 0.6) is 0 Å². The third kappa shape index (κ3) is 2.81. The van der Waals surface area contributed by atoms with E-state index < -0.39 is 0 Å². The Balaban J connectivity index is 1.61. The summed E-state index contributed by atoms with van der Waals surface area (Å²) in [6, 6.07) is 8.09. The third-order valence-electron chi connectivity index (χ3n) is 4.90. The fourth-order valence-corrected chi connectivity index (χ4v) is 4.26. The molecule has 1 aromatic rings. The van der Waals surface area contributed by atoms with Gasteiger partial charge in [0.05, 0.1) is 0 Å². The van der Waals surface area contributed by atoms with Gasteiger partial charge in [0.25, 0.3) is 5.91 Å². The smallest absolute Gasteiger partial charge is 0.251 e. The molecule has 1 aromatic carbocycles. The average molecular weight is 369 g/mol. The molecular formula is C16H20INO. The molecule has 0 unspecified atom stereocenters. The van der Waals surface area contributed by atoms with Crippen molar-refractivity contribution in [1.82, 2.24) is 5.32 Å². The lowest BCUT2D eigenvalue weighted by Crippen LogP contribution is -2.40. The molecule has 0 aliphatic heterocycles. The number of hydrogen-bond donors (Lipinski definition) is 1. The summed E-state index contributed by atoms with van der Waals surface area (Å²) in [5.74, 6) is 2.57. The van der Waals surface area contributed by atoms with Gasteiger partial charge >= 0.3 is 0 Å². The number of benzene rings is 1. The van der Waals surface area contributed by atoms with Crippen LogP contribution < -0.4 is 5.32 Å². The number of carbonyl (C=O) groups excluding carboxylic acids is 1. The fourth-order valence-electron chi connectivity index (χ4n) is 3.90. The minimum Gasteiger partial charge on any atom is -0.349 e. The van der Waals surface area contributed by atoms with E-state index in [-0.39, 0.29) is 5.91 Å². The highest BCUT2D eigenvalue weighted by molar-refractivity contribution is 14.1. The van der Waals surface area contributed by atoms with Gasteiger partial charge in [-0.3, -0.25) is 4.79 Å². The maximum Gasteiger partial charge on any atom is 0.251 e. The normalized spacial score (nSPS) is 30.3. The standard InChI is InChI=1S/C16H20INO/c1-10(15-9-11-2-3-13(15)8-11)18-16(19)12-4-6-14(17)7-5-12/h4-7,10-11,13,15H,2-3,8-9H2,1H3,(H,18,19)/t10-,11-,13-,15-/m1/s1. The van der Waals surface area contributed by atoms with E-state index in [1.165, 1.54) is 25.7 Å². The molecule has 2 aliphatic carbocycles. The van der Waals surface area contributed by atoms with Crippen LogP contribution in [0.1, 0.15) is 43.0 Å². The lowest BCUT2D eigenvalue weighted by Gasteiger charge is -2.28. The van der Waals surface area contributed by atoms with Crippen LogP contribution in [0.25, 0.3) is 0 Å². The van der Waals surface area contributed by atoms with E-state index in [0.717, 1.165) is 21.0 Å². The second kappa shape index (κ2) is 5.43. The lowest BCUT2D eigenvalue weighted by molar-refractivity contribution is 0.0915. The van der Waals surface area contributed by atoms with Crippen LogP contribution in [0, 0.1) is 21.3 Å². The molecule has 102 valence electrons. The predicted molar refractivity (Wildman–Crippen MR) is 85.0 cm³/mol. The molecule has 0 saturated heterocycles. The average Bonchev–Trinajstić information content (AvgIpc) is 3.01. The summed E-state index contributed by atoms with van der Waals surface area (Å²) in [6.45, 7) is 2.18. The van der Waals surface area contributed by atoms with Crippen molar-refractivity contribution >= 4 is 28.5 Å². The van der Waals surface area contributed by atoms with Gasteiger partial charge in [0.1, 0.15) is 0 Å². The van der Waals surface area contributed by atoms with Crippen LogP contribution in [0.3, 0.4) is 0 Å². The molecule has 2 saturated carbocycles. The number of amides is 1. The van der Waals surface area contributed by atoms with Crippen LogP contribution >= 0.6 is 22.6 Å². The van der Waals surface area contributed by atoms with Crippen LogP contribution in [0.4, 0.5) is 0 Å². The minimum absolute atomic E-state index is 0.0756. The maximum absolute atomic E-state index is 12.2. The number of halogens is 1. The van der Waals surface area contributed by atoms with Crippen molar-refractivity contribution in [3.05, 3.63) is 33.4 Å². The summed E-state index contributed by atoms with van der Waals surface area (Å²) in [6.07, 6.45) is 5.51. The van der Waals surface area contributed by atoms with E-state index in [4.69, 9.17) is 0 Å². The third-order valence-corrected chi connectivity index (χ3v) is 5.62. The first-order valence-corrected chi connectivity index (χ1v) is 8.28. The summed E-state index contributed by atoms with van der Waals surface area (Å²) in [7, 11) is 0. The van der Waals surface area contributed by atoms with E-state index in [0.29, 0.717) is 12.0 Å². The number of carbonyl (C=O) groups is 1. The van der Waals surface area contributed by atoms with Crippen LogP contribution in [0.2, 0.25) is 0 Å². The summed E-state index contributed by atoms with van der Waals surface area (Å²) in [4.78, 5) is 12.2. The minimum atomic E-state index is 0.0756. The zero-order valence-electron chi connectivity index (χ0n) is 11.2. The molecule has 2 bridgehead atoms. The van der Waals surface area contributed by atoms with Crippen molar-refractivity contribution in [2.45, 2.75) is 38.6 Å². The highest BCUT2D eigenvalue weighted by Crippen LogP contribution is 2.49. The zero-order chi connectivity index (χ0) is 13.4. The summed E-state index contributed by atoms with van der Waals surface area (Å²) < 4.78 is 1.16. The van der Waals surface area contributed by atoms with Gasteiger partial charge in [0.2, 0.25) is 0 Å². The lowest BCUT2D eigenvalue weighted by atomic mass is 9.84. The second-order valence-electron chi connectivity index (χ2n) is 6.11. The van der Waals surface area contributed by atoms with Gasteiger partial charge in [-0.05, 0) is 90.8 Å². The molecule has 2 nitrogen and oxygen atoms in total. The Hall–Kier alpha value is -0.580. The number of fused-ring (bicyclic) bond motifs is 2. The molecule has 3 heteroatoms. The van der Waals surface area contributed by atoms with E-state index in [1.807, 2.05) is 24.3 Å². The van der Waals surface area contributed by atoms with Crippen molar-refractivity contribution in [2.75, 3.05) is 0 Å². The monoisotopic (exact) mass is 369 g/mol. The van der Waals surface area contributed by atoms with Crippen molar-refractivity contribution in [3.8, 4) is 0 Å². The SMILES string of the molecule is C[C@@H](NC(=O)c1ccc(I)cc1)[C@H]1C[C@@H]2CC[C@@H]1C2. The largest absolute Gasteiger partial charge is 0.349 e. The molecule has 0 heterocycles. The molecular weight excluding hydrogens is 349 g/mol. The van der Waals surface area contributed by atoms with Crippen molar-refractivity contribution in [2.24, 2.45) is 17.8 Å². The molecule has 0 aromatic heterocycles. The molecule has 2 fully saturated rings. The maximum atomic E-state index is 12.2. The number of hydrogen-bond acceptors (Lipinski definition) is 1. The van der Waals surface area contributed by atoms with Gasteiger partial charge in [-0.2, -0.15) is 0 Å². The van der Waals surface area contributed by atoms with Gasteiger partial charge < -0.3 is 5.32 Å². The number of nitrogens with one attached hydrogen (secondary N) is 1. The van der Waals surface area contributed by atoms with Gasteiger partial charge in [0.15, 0.2) is 0 Å². The Morgan fingerprint density at radius 1 is 1.26 bits per heavy atom. The van der Waals surface area contributed by atoms with Crippen LogP contribution in [-0.4, -0.2) is 11.9 Å². The molecule has 0 radical (unpaired) electrons. The Kier molecular flexibility index (Phi) is 3.83. The van der Waals surface area contributed by atoms with Gasteiger partial charge in [-0.25, -0.2) is 0 Å². The highest BCUT2D eigenvalue weighted by atomic mass is 127. The number of rotatable bonds is 3. The molecule has 0 spiro atoms. The molecule has 1 N–H and O–H groups in total.